The van der Waals surface area contributed by atoms with Crippen molar-refractivity contribution in [2.45, 2.75) is 37.6 Å². The van der Waals surface area contributed by atoms with Crippen molar-refractivity contribution in [2.75, 3.05) is 0 Å². The summed E-state index contributed by atoms with van der Waals surface area (Å²) >= 11 is 0. The normalized spacial score (nSPS) is 19.7. The third-order valence-corrected chi connectivity index (χ3v) is 3.19. The predicted molar refractivity (Wildman–Crippen MR) is 55.7 cm³/mol. The van der Waals surface area contributed by atoms with Crippen molar-refractivity contribution in [3.05, 3.63) is 35.4 Å². The average Bonchev–Trinajstić information content (AvgIpc) is 2.13. The molecule has 0 bridgehead atoms. The Labute approximate surface area is 88.3 Å². The number of rotatable bonds is 2. The summed E-state index contributed by atoms with van der Waals surface area (Å²) in [7, 11) is 0. The van der Waals surface area contributed by atoms with E-state index in [1.165, 1.54) is 6.07 Å². The third kappa shape index (κ3) is 1.88. The predicted octanol–water partition coefficient (Wildman–Crippen LogP) is 3.14. The molecular formula is C12H15F2N. The highest BCUT2D eigenvalue weighted by Crippen LogP contribution is 2.40. The first-order valence-electron chi connectivity index (χ1n) is 5.20. The molecular weight excluding hydrogens is 196 g/mol. The van der Waals surface area contributed by atoms with Crippen LogP contribution in [-0.4, -0.2) is 0 Å². The van der Waals surface area contributed by atoms with Gasteiger partial charge in [0.15, 0.2) is 0 Å². The van der Waals surface area contributed by atoms with Crippen molar-refractivity contribution in [1.29, 1.82) is 0 Å². The lowest BCUT2D eigenvalue weighted by Gasteiger charge is -2.39. The van der Waals surface area contributed by atoms with Crippen LogP contribution in [0.5, 0.6) is 0 Å². The second-order valence-corrected chi connectivity index (χ2v) is 4.48. The van der Waals surface area contributed by atoms with Crippen LogP contribution >= 0.6 is 0 Å². The summed E-state index contributed by atoms with van der Waals surface area (Å²) in [4.78, 5) is 0. The van der Waals surface area contributed by atoms with E-state index >= 15 is 0 Å². The smallest absolute Gasteiger partial charge is 0.270 e. The summed E-state index contributed by atoms with van der Waals surface area (Å²) in [6.07, 6.45) is 2.88. The van der Waals surface area contributed by atoms with Crippen molar-refractivity contribution < 1.29 is 8.78 Å². The lowest BCUT2D eigenvalue weighted by molar-refractivity contribution is 0.0172. The molecule has 0 aliphatic heterocycles. The third-order valence-electron chi connectivity index (χ3n) is 3.19. The van der Waals surface area contributed by atoms with E-state index in [-0.39, 0.29) is 11.1 Å². The van der Waals surface area contributed by atoms with Crippen molar-refractivity contribution in [1.82, 2.24) is 0 Å². The maximum atomic E-state index is 13.1. The van der Waals surface area contributed by atoms with E-state index in [1.807, 2.05) is 6.07 Å². The Balaban J connectivity index is 2.35. The zero-order valence-electron chi connectivity index (χ0n) is 8.76. The molecule has 1 saturated carbocycles. The Morgan fingerprint density at radius 3 is 2.47 bits per heavy atom. The van der Waals surface area contributed by atoms with E-state index in [0.29, 0.717) is 0 Å². The molecule has 1 fully saturated rings. The largest absolute Gasteiger partial charge is 0.321 e. The van der Waals surface area contributed by atoms with Crippen LogP contribution in [0.25, 0.3) is 0 Å². The van der Waals surface area contributed by atoms with Gasteiger partial charge in [-0.05, 0) is 30.9 Å². The zero-order valence-corrected chi connectivity index (χ0v) is 8.76. The topological polar surface area (TPSA) is 26.0 Å². The van der Waals surface area contributed by atoms with Crippen LogP contribution in [0.1, 0.15) is 37.3 Å². The van der Waals surface area contributed by atoms with Crippen LogP contribution in [0.3, 0.4) is 0 Å². The van der Waals surface area contributed by atoms with Crippen molar-refractivity contribution >= 4 is 0 Å². The number of benzene rings is 1. The Morgan fingerprint density at radius 1 is 1.33 bits per heavy atom. The Kier molecular flexibility index (Phi) is 2.30. The molecule has 0 heterocycles. The molecule has 1 aliphatic rings. The summed E-state index contributed by atoms with van der Waals surface area (Å²) in [6.45, 7) is 0.913. The number of hydrogen-bond acceptors (Lipinski definition) is 1. The maximum absolute atomic E-state index is 13.1. The van der Waals surface area contributed by atoms with Gasteiger partial charge in [0.25, 0.3) is 5.92 Å². The van der Waals surface area contributed by atoms with Crippen LogP contribution in [0.15, 0.2) is 24.3 Å². The highest BCUT2D eigenvalue weighted by atomic mass is 19.3. The molecule has 0 amide bonds. The van der Waals surface area contributed by atoms with E-state index in [4.69, 9.17) is 5.73 Å². The zero-order chi connectivity index (χ0) is 11.1. The molecule has 3 heteroatoms. The van der Waals surface area contributed by atoms with Crippen molar-refractivity contribution in [3.8, 4) is 0 Å². The Bertz CT molecular complexity index is 364. The number of alkyl halides is 2. The minimum Gasteiger partial charge on any atom is -0.321 e. The van der Waals surface area contributed by atoms with Crippen molar-refractivity contribution in [2.24, 2.45) is 5.73 Å². The molecule has 1 nitrogen and oxygen atoms in total. The fourth-order valence-electron chi connectivity index (χ4n) is 1.95. The van der Waals surface area contributed by atoms with Crippen LogP contribution in [-0.2, 0) is 11.5 Å². The molecule has 0 unspecified atom stereocenters. The van der Waals surface area contributed by atoms with Gasteiger partial charge >= 0.3 is 0 Å². The fourth-order valence-corrected chi connectivity index (χ4v) is 1.95. The first-order chi connectivity index (χ1) is 6.92. The summed E-state index contributed by atoms with van der Waals surface area (Å²) < 4.78 is 26.2. The second-order valence-electron chi connectivity index (χ2n) is 4.48. The average molecular weight is 211 g/mol. The summed E-state index contributed by atoms with van der Waals surface area (Å²) in [6, 6.07) is 6.49. The van der Waals surface area contributed by atoms with E-state index < -0.39 is 5.92 Å². The van der Waals surface area contributed by atoms with Gasteiger partial charge in [-0.3, -0.25) is 0 Å². The quantitative estimate of drug-likeness (QED) is 0.799. The fraction of sp³-hybridized carbons (Fsp3) is 0.500. The molecule has 0 aromatic heterocycles. The molecule has 1 aromatic carbocycles. The number of hydrogen-bond donors (Lipinski definition) is 1. The molecule has 1 aliphatic carbocycles. The van der Waals surface area contributed by atoms with E-state index in [0.717, 1.165) is 31.7 Å². The molecule has 82 valence electrons. The second kappa shape index (κ2) is 3.27. The van der Waals surface area contributed by atoms with Gasteiger partial charge < -0.3 is 5.73 Å². The van der Waals surface area contributed by atoms with E-state index in [1.54, 1.807) is 12.1 Å². The van der Waals surface area contributed by atoms with Crippen LogP contribution in [0, 0.1) is 0 Å². The summed E-state index contributed by atoms with van der Waals surface area (Å²) in [5.41, 5.74) is 6.62. The van der Waals surface area contributed by atoms with Gasteiger partial charge in [0, 0.05) is 18.0 Å². The van der Waals surface area contributed by atoms with Gasteiger partial charge in [0.05, 0.1) is 0 Å². The van der Waals surface area contributed by atoms with Crippen LogP contribution in [0.4, 0.5) is 8.78 Å². The SMILES string of the molecule is CC(F)(F)c1cccc(C2(N)CCC2)c1. The van der Waals surface area contributed by atoms with Gasteiger partial charge in [-0.15, -0.1) is 0 Å². The number of halogens is 2. The van der Waals surface area contributed by atoms with E-state index in [2.05, 4.69) is 0 Å². The first-order valence-corrected chi connectivity index (χ1v) is 5.20. The van der Waals surface area contributed by atoms with Gasteiger partial charge in [-0.2, -0.15) is 0 Å². The van der Waals surface area contributed by atoms with Gasteiger partial charge in [-0.1, -0.05) is 18.2 Å². The Morgan fingerprint density at radius 2 is 2.00 bits per heavy atom. The Hall–Kier alpha value is -0.960. The lowest BCUT2D eigenvalue weighted by Crippen LogP contribution is -2.43. The standard InChI is InChI=1S/C12H15F2N/c1-11(13,14)9-4-2-5-10(8-9)12(15)6-3-7-12/h2,4-5,8H,3,6-7,15H2,1H3. The molecule has 2 N–H and O–H groups in total. The molecule has 0 radical (unpaired) electrons. The van der Waals surface area contributed by atoms with Crippen molar-refractivity contribution in [3.63, 3.8) is 0 Å². The molecule has 0 spiro atoms. The highest BCUT2D eigenvalue weighted by molar-refractivity contribution is 5.32. The van der Waals surface area contributed by atoms with Crippen LogP contribution < -0.4 is 5.73 Å². The molecule has 0 saturated heterocycles. The highest BCUT2D eigenvalue weighted by Gasteiger charge is 2.35. The van der Waals surface area contributed by atoms with Gasteiger partial charge in [0.2, 0.25) is 0 Å². The molecule has 15 heavy (non-hydrogen) atoms. The van der Waals surface area contributed by atoms with Gasteiger partial charge in [-0.25, -0.2) is 8.78 Å². The lowest BCUT2D eigenvalue weighted by atomic mass is 9.72. The number of nitrogens with two attached hydrogens (primary N) is 1. The monoisotopic (exact) mass is 211 g/mol. The molecule has 2 rings (SSSR count). The summed E-state index contributed by atoms with van der Waals surface area (Å²) in [5, 5.41) is 0. The van der Waals surface area contributed by atoms with E-state index in [9.17, 15) is 8.78 Å². The minimum atomic E-state index is -2.78. The van der Waals surface area contributed by atoms with Crippen LogP contribution in [0.2, 0.25) is 0 Å². The maximum Gasteiger partial charge on any atom is 0.270 e. The molecule has 1 aromatic rings. The minimum absolute atomic E-state index is 0.0525. The van der Waals surface area contributed by atoms with Gasteiger partial charge in [0.1, 0.15) is 0 Å². The first kappa shape index (κ1) is 10.6. The summed E-state index contributed by atoms with van der Waals surface area (Å²) in [5.74, 6) is -2.78. The molecule has 0 atom stereocenters.